The molecule has 0 bridgehead atoms. The summed E-state index contributed by atoms with van der Waals surface area (Å²) in [6.45, 7) is 1.90. The Balaban J connectivity index is 2.07. The number of halogens is 1. The van der Waals surface area contributed by atoms with Gasteiger partial charge in [-0.15, -0.1) is 0 Å². The van der Waals surface area contributed by atoms with Gasteiger partial charge in [-0.25, -0.2) is 16.8 Å². The smallest absolute Gasteiger partial charge is 0.233 e. The predicted molar refractivity (Wildman–Crippen MR) is 101 cm³/mol. The molecule has 4 aromatic rings. The Kier molecular flexibility index (Phi) is 3.89. The lowest BCUT2D eigenvalue weighted by molar-refractivity contribution is 0.589. The summed E-state index contributed by atoms with van der Waals surface area (Å²) in [4.78, 5) is 0.169. The van der Waals surface area contributed by atoms with Gasteiger partial charge in [0.2, 0.25) is 0 Å². The van der Waals surface area contributed by atoms with E-state index in [1.54, 1.807) is 36.4 Å². The summed E-state index contributed by atoms with van der Waals surface area (Å²) in [5.41, 5.74) is 2.55. The summed E-state index contributed by atoms with van der Waals surface area (Å²) in [6, 6.07) is 21.8. The molecule has 0 saturated carbocycles. The molecule has 0 N–H and O–H groups in total. The van der Waals surface area contributed by atoms with Crippen LogP contribution in [0.2, 0.25) is 0 Å². The molecule has 0 fully saturated rings. The molecular formula is C21H16FNO2S. The second-order valence-electron chi connectivity index (χ2n) is 6.18. The number of rotatable bonds is 3. The molecule has 0 aliphatic rings. The Morgan fingerprint density at radius 3 is 2.23 bits per heavy atom. The summed E-state index contributed by atoms with van der Waals surface area (Å²) in [5, 5.41) is 0.668. The zero-order valence-corrected chi connectivity index (χ0v) is 14.9. The van der Waals surface area contributed by atoms with Crippen LogP contribution in [0.15, 0.2) is 83.8 Å². The number of aryl methyl sites for hydroxylation is 1. The van der Waals surface area contributed by atoms with Crippen LogP contribution in [0.4, 0.5) is 4.39 Å². The molecule has 0 unspecified atom stereocenters. The number of nitrogens with zero attached hydrogens (tertiary/aromatic N) is 1. The lowest BCUT2D eigenvalue weighted by atomic mass is 10.1. The van der Waals surface area contributed by atoms with Gasteiger partial charge in [-0.2, -0.15) is 0 Å². The minimum Gasteiger partial charge on any atom is -0.233 e. The SMILES string of the molecule is Cc1ccc(S(=O)(=O)n2c(-c3ccccc3)cc3ccc(F)cc32)cc1. The van der Waals surface area contributed by atoms with E-state index in [1.807, 2.05) is 37.3 Å². The van der Waals surface area contributed by atoms with E-state index in [0.29, 0.717) is 16.6 Å². The van der Waals surface area contributed by atoms with Gasteiger partial charge in [-0.3, -0.25) is 0 Å². The monoisotopic (exact) mass is 365 g/mol. The third-order valence-electron chi connectivity index (χ3n) is 4.35. The fourth-order valence-corrected chi connectivity index (χ4v) is 4.56. The summed E-state index contributed by atoms with van der Waals surface area (Å²) < 4.78 is 41.8. The first-order chi connectivity index (χ1) is 12.5. The molecule has 3 aromatic carbocycles. The van der Waals surface area contributed by atoms with Gasteiger partial charge in [0.25, 0.3) is 10.0 Å². The van der Waals surface area contributed by atoms with Crippen molar-refractivity contribution < 1.29 is 12.8 Å². The zero-order chi connectivity index (χ0) is 18.3. The van der Waals surface area contributed by atoms with Crippen molar-refractivity contribution in [1.82, 2.24) is 3.97 Å². The molecule has 0 spiro atoms. The summed E-state index contributed by atoms with van der Waals surface area (Å²) in [7, 11) is -3.88. The van der Waals surface area contributed by atoms with Crippen molar-refractivity contribution in [3.05, 3.63) is 90.2 Å². The Labute approximate surface area is 151 Å². The second kappa shape index (κ2) is 6.11. The van der Waals surface area contributed by atoms with E-state index in [1.165, 1.54) is 16.1 Å². The molecule has 130 valence electrons. The first-order valence-corrected chi connectivity index (χ1v) is 9.59. The molecule has 0 aliphatic heterocycles. The van der Waals surface area contributed by atoms with Crippen molar-refractivity contribution in [2.24, 2.45) is 0 Å². The normalized spacial score (nSPS) is 11.8. The highest BCUT2D eigenvalue weighted by atomic mass is 32.2. The van der Waals surface area contributed by atoms with Gasteiger partial charge in [-0.05, 0) is 48.9 Å². The van der Waals surface area contributed by atoms with Crippen molar-refractivity contribution in [3.8, 4) is 11.3 Å². The maximum Gasteiger partial charge on any atom is 0.268 e. The van der Waals surface area contributed by atoms with E-state index in [-0.39, 0.29) is 4.90 Å². The summed E-state index contributed by atoms with van der Waals surface area (Å²) >= 11 is 0. The van der Waals surface area contributed by atoms with Crippen LogP contribution in [-0.4, -0.2) is 12.4 Å². The molecule has 0 aliphatic carbocycles. The molecule has 0 radical (unpaired) electrons. The van der Waals surface area contributed by atoms with Crippen LogP contribution < -0.4 is 0 Å². The maximum atomic E-state index is 13.9. The van der Waals surface area contributed by atoms with Crippen molar-refractivity contribution >= 4 is 20.9 Å². The number of fused-ring (bicyclic) bond motifs is 1. The predicted octanol–water partition coefficient (Wildman–Crippen LogP) is 4.99. The van der Waals surface area contributed by atoms with Gasteiger partial charge in [0, 0.05) is 5.39 Å². The van der Waals surface area contributed by atoms with Crippen molar-refractivity contribution in [1.29, 1.82) is 0 Å². The molecular weight excluding hydrogens is 349 g/mol. The standard InChI is InChI=1S/C21H16FNO2S/c1-15-7-11-19(12-8-15)26(24,25)23-20(16-5-3-2-4-6-16)13-17-9-10-18(22)14-21(17)23/h2-14H,1H3. The van der Waals surface area contributed by atoms with Crippen molar-refractivity contribution in [2.75, 3.05) is 0 Å². The lowest BCUT2D eigenvalue weighted by Crippen LogP contribution is -2.14. The molecule has 0 amide bonds. The summed E-state index contributed by atoms with van der Waals surface area (Å²) in [5.74, 6) is -0.476. The van der Waals surface area contributed by atoms with Gasteiger partial charge in [0.05, 0.1) is 16.1 Å². The van der Waals surface area contributed by atoms with Gasteiger partial charge in [-0.1, -0.05) is 48.0 Å². The molecule has 3 nitrogen and oxygen atoms in total. The second-order valence-corrected chi connectivity index (χ2v) is 7.97. The topological polar surface area (TPSA) is 39.1 Å². The molecule has 4 rings (SSSR count). The van der Waals surface area contributed by atoms with E-state index < -0.39 is 15.8 Å². The number of hydrogen-bond acceptors (Lipinski definition) is 2. The minimum absolute atomic E-state index is 0.169. The van der Waals surface area contributed by atoms with Crippen LogP contribution >= 0.6 is 0 Å². The Hall–Kier alpha value is -2.92. The van der Waals surface area contributed by atoms with Crippen LogP contribution in [0, 0.1) is 12.7 Å². The van der Waals surface area contributed by atoms with E-state index in [0.717, 1.165) is 11.1 Å². The van der Waals surface area contributed by atoms with Crippen LogP contribution in [0.25, 0.3) is 22.2 Å². The van der Waals surface area contributed by atoms with E-state index in [2.05, 4.69) is 0 Å². The minimum atomic E-state index is -3.88. The molecule has 1 heterocycles. The third-order valence-corrected chi connectivity index (χ3v) is 6.09. The van der Waals surface area contributed by atoms with Gasteiger partial charge in [0.1, 0.15) is 5.82 Å². The van der Waals surface area contributed by atoms with E-state index >= 15 is 0 Å². The van der Waals surface area contributed by atoms with E-state index in [4.69, 9.17) is 0 Å². The molecule has 5 heteroatoms. The van der Waals surface area contributed by atoms with E-state index in [9.17, 15) is 12.8 Å². The average molecular weight is 365 g/mol. The first-order valence-electron chi connectivity index (χ1n) is 8.15. The number of benzene rings is 3. The van der Waals surface area contributed by atoms with Crippen LogP contribution in [0.1, 0.15) is 5.56 Å². The first kappa shape index (κ1) is 16.5. The lowest BCUT2D eigenvalue weighted by Gasteiger charge is -2.12. The average Bonchev–Trinajstić information content (AvgIpc) is 3.02. The highest BCUT2D eigenvalue weighted by Gasteiger charge is 2.24. The van der Waals surface area contributed by atoms with Gasteiger partial charge >= 0.3 is 0 Å². The fraction of sp³-hybridized carbons (Fsp3) is 0.0476. The molecule has 0 saturated heterocycles. The quantitative estimate of drug-likeness (QED) is 0.513. The number of aromatic nitrogens is 1. The third kappa shape index (κ3) is 2.70. The highest BCUT2D eigenvalue weighted by molar-refractivity contribution is 7.90. The summed E-state index contributed by atoms with van der Waals surface area (Å²) in [6.07, 6.45) is 0. The van der Waals surface area contributed by atoms with Crippen molar-refractivity contribution in [2.45, 2.75) is 11.8 Å². The molecule has 26 heavy (non-hydrogen) atoms. The Bertz CT molecular complexity index is 1190. The van der Waals surface area contributed by atoms with Crippen molar-refractivity contribution in [3.63, 3.8) is 0 Å². The van der Waals surface area contributed by atoms with Crippen LogP contribution in [-0.2, 0) is 10.0 Å². The van der Waals surface area contributed by atoms with Crippen LogP contribution in [0.5, 0.6) is 0 Å². The van der Waals surface area contributed by atoms with Crippen LogP contribution in [0.3, 0.4) is 0 Å². The highest BCUT2D eigenvalue weighted by Crippen LogP contribution is 2.32. The molecule has 0 atom stereocenters. The largest absolute Gasteiger partial charge is 0.268 e. The van der Waals surface area contributed by atoms with Gasteiger partial charge in [0.15, 0.2) is 0 Å². The molecule has 1 aromatic heterocycles. The Morgan fingerprint density at radius 2 is 1.54 bits per heavy atom. The maximum absolute atomic E-state index is 13.9. The number of hydrogen-bond donors (Lipinski definition) is 0. The fourth-order valence-electron chi connectivity index (χ4n) is 3.03. The van der Waals surface area contributed by atoms with Gasteiger partial charge < -0.3 is 0 Å². The zero-order valence-electron chi connectivity index (χ0n) is 14.1. The Morgan fingerprint density at radius 1 is 0.846 bits per heavy atom.